The Kier molecular flexibility index (Phi) is 4.21. The molecule has 1 unspecified atom stereocenters. The van der Waals surface area contributed by atoms with E-state index in [9.17, 15) is 9.90 Å². The molecule has 104 valence electrons. The maximum Gasteiger partial charge on any atom is 0.327 e. The van der Waals surface area contributed by atoms with Gasteiger partial charge < -0.3 is 9.84 Å². The van der Waals surface area contributed by atoms with Gasteiger partial charge in [-0.15, -0.1) is 11.3 Å². The Labute approximate surface area is 116 Å². The first kappa shape index (κ1) is 14.0. The molecule has 1 N–H and O–H groups in total. The predicted octanol–water partition coefficient (Wildman–Crippen LogP) is 1.98. The van der Waals surface area contributed by atoms with Crippen molar-refractivity contribution in [1.29, 1.82) is 0 Å². The SMILES string of the molecule is CCOC(=O)CN1N=C(C(C)C)c2sccc2C1O. The Bertz CT molecular complexity index is 496. The third kappa shape index (κ3) is 2.79. The molecule has 1 aromatic heterocycles. The Balaban J connectivity index is 2.26. The van der Waals surface area contributed by atoms with Crippen molar-refractivity contribution in [3.8, 4) is 0 Å². The van der Waals surface area contributed by atoms with E-state index in [2.05, 4.69) is 5.10 Å². The maximum atomic E-state index is 11.5. The number of carbonyl (C=O) groups excluding carboxylic acids is 1. The van der Waals surface area contributed by atoms with E-state index < -0.39 is 6.23 Å². The number of rotatable bonds is 4. The Morgan fingerprint density at radius 2 is 2.37 bits per heavy atom. The summed E-state index contributed by atoms with van der Waals surface area (Å²) in [5.41, 5.74) is 1.72. The van der Waals surface area contributed by atoms with E-state index in [-0.39, 0.29) is 18.4 Å². The lowest BCUT2D eigenvalue weighted by atomic mass is 10.0. The van der Waals surface area contributed by atoms with Crippen molar-refractivity contribution < 1.29 is 14.6 Å². The molecule has 0 aromatic carbocycles. The van der Waals surface area contributed by atoms with Crippen LogP contribution in [-0.4, -0.2) is 34.9 Å². The number of hydrogen-bond donors (Lipinski definition) is 1. The maximum absolute atomic E-state index is 11.5. The van der Waals surface area contributed by atoms with Crippen LogP contribution in [0, 0.1) is 5.92 Å². The monoisotopic (exact) mass is 282 g/mol. The molecule has 5 nitrogen and oxygen atoms in total. The number of esters is 1. The molecule has 0 radical (unpaired) electrons. The molecule has 2 rings (SSSR count). The van der Waals surface area contributed by atoms with Crippen LogP contribution in [0.1, 0.15) is 37.4 Å². The summed E-state index contributed by atoms with van der Waals surface area (Å²) in [4.78, 5) is 12.5. The average molecular weight is 282 g/mol. The summed E-state index contributed by atoms with van der Waals surface area (Å²) < 4.78 is 4.90. The highest BCUT2D eigenvalue weighted by molar-refractivity contribution is 7.12. The zero-order valence-corrected chi connectivity index (χ0v) is 12.1. The van der Waals surface area contributed by atoms with Gasteiger partial charge in [-0.1, -0.05) is 13.8 Å². The molecule has 0 amide bonds. The van der Waals surface area contributed by atoms with Crippen LogP contribution in [0.3, 0.4) is 0 Å². The largest absolute Gasteiger partial charge is 0.465 e. The topological polar surface area (TPSA) is 62.1 Å². The first-order valence-corrected chi connectivity index (χ1v) is 7.19. The van der Waals surface area contributed by atoms with Crippen molar-refractivity contribution in [2.24, 2.45) is 11.0 Å². The minimum atomic E-state index is -0.881. The van der Waals surface area contributed by atoms with Crippen LogP contribution in [0.2, 0.25) is 0 Å². The molecule has 0 spiro atoms. The summed E-state index contributed by atoms with van der Waals surface area (Å²) in [6, 6.07) is 1.87. The van der Waals surface area contributed by atoms with Gasteiger partial charge in [0.05, 0.1) is 17.2 Å². The van der Waals surface area contributed by atoms with Crippen LogP contribution in [0.5, 0.6) is 0 Å². The van der Waals surface area contributed by atoms with Crippen LogP contribution in [-0.2, 0) is 9.53 Å². The second-order valence-electron chi connectivity index (χ2n) is 4.62. The molecule has 0 saturated carbocycles. The van der Waals surface area contributed by atoms with Gasteiger partial charge in [0, 0.05) is 5.56 Å². The smallest absolute Gasteiger partial charge is 0.327 e. The highest BCUT2D eigenvalue weighted by atomic mass is 32.1. The van der Waals surface area contributed by atoms with Crippen LogP contribution in [0.25, 0.3) is 0 Å². The molecule has 0 bridgehead atoms. The zero-order valence-electron chi connectivity index (χ0n) is 11.3. The molecule has 6 heteroatoms. The van der Waals surface area contributed by atoms with Gasteiger partial charge in [-0.25, -0.2) is 0 Å². The van der Waals surface area contributed by atoms with Crippen LogP contribution < -0.4 is 0 Å². The van der Waals surface area contributed by atoms with Gasteiger partial charge in [-0.3, -0.25) is 9.80 Å². The van der Waals surface area contributed by atoms with Gasteiger partial charge in [-0.2, -0.15) is 5.10 Å². The van der Waals surface area contributed by atoms with Gasteiger partial charge in [0.25, 0.3) is 0 Å². The van der Waals surface area contributed by atoms with Gasteiger partial charge in [-0.05, 0) is 24.3 Å². The van der Waals surface area contributed by atoms with E-state index in [0.717, 1.165) is 16.2 Å². The highest BCUT2D eigenvalue weighted by Crippen LogP contribution is 2.33. The summed E-state index contributed by atoms with van der Waals surface area (Å²) in [6.45, 7) is 6.13. The number of hydrogen-bond acceptors (Lipinski definition) is 6. The third-order valence-electron chi connectivity index (χ3n) is 2.87. The second-order valence-corrected chi connectivity index (χ2v) is 5.54. The number of hydrazone groups is 1. The molecule has 19 heavy (non-hydrogen) atoms. The van der Waals surface area contributed by atoms with Crippen molar-refractivity contribution in [3.05, 3.63) is 21.9 Å². The number of thiophene rings is 1. The van der Waals surface area contributed by atoms with E-state index in [1.165, 1.54) is 5.01 Å². The Hall–Kier alpha value is -1.40. The molecule has 1 aliphatic rings. The van der Waals surface area contributed by atoms with Crippen LogP contribution in [0.15, 0.2) is 16.5 Å². The standard InChI is InChI=1S/C13H18N2O3S/c1-4-18-10(16)7-15-13(17)9-5-6-19-12(9)11(14-15)8(2)3/h5-6,8,13,17H,4,7H2,1-3H3. The van der Waals surface area contributed by atoms with Crippen molar-refractivity contribution >= 4 is 23.0 Å². The van der Waals surface area contributed by atoms with Crippen molar-refractivity contribution in [1.82, 2.24) is 5.01 Å². The fourth-order valence-electron chi connectivity index (χ4n) is 1.97. The van der Waals surface area contributed by atoms with Crippen molar-refractivity contribution in [2.75, 3.05) is 13.2 Å². The molecule has 2 heterocycles. The van der Waals surface area contributed by atoms with Crippen LogP contribution >= 0.6 is 11.3 Å². The van der Waals surface area contributed by atoms with Gasteiger partial charge in [0.15, 0.2) is 6.23 Å². The quantitative estimate of drug-likeness (QED) is 0.858. The summed E-state index contributed by atoms with van der Waals surface area (Å²) in [6.07, 6.45) is -0.881. The molecule has 1 atom stereocenters. The van der Waals surface area contributed by atoms with E-state index in [4.69, 9.17) is 4.74 Å². The fraction of sp³-hybridized carbons (Fsp3) is 0.538. The van der Waals surface area contributed by atoms with E-state index >= 15 is 0 Å². The van der Waals surface area contributed by atoms with Gasteiger partial charge >= 0.3 is 5.97 Å². The summed E-state index contributed by atoms with van der Waals surface area (Å²) >= 11 is 1.56. The lowest BCUT2D eigenvalue weighted by Gasteiger charge is -2.30. The molecular weight excluding hydrogens is 264 g/mol. The lowest BCUT2D eigenvalue weighted by molar-refractivity contribution is -0.147. The molecule has 0 saturated heterocycles. The molecule has 0 aliphatic carbocycles. The normalized spacial score (nSPS) is 18.3. The van der Waals surface area contributed by atoms with E-state index in [1.54, 1.807) is 18.3 Å². The Morgan fingerprint density at radius 3 is 3.00 bits per heavy atom. The number of nitrogens with zero attached hydrogens (tertiary/aromatic N) is 2. The molecule has 1 aliphatic heterocycles. The highest BCUT2D eigenvalue weighted by Gasteiger charge is 2.30. The van der Waals surface area contributed by atoms with Crippen molar-refractivity contribution in [3.63, 3.8) is 0 Å². The number of aliphatic hydroxyl groups is 1. The fourth-order valence-corrected chi connectivity index (χ4v) is 3.03. The summed E-state index contributed by atoms with van der Waals surface area (Å²) in [5.74, 6) is -0.151. The van der Waals surface area contributed by atoms with E-state index in [0.29, 0.717) is 6.61 Å². The number of fused-ring (bicyclic) bond motifs is 1. The third-order valence-corrected chi connectivity index (χ3v) is 3.82. The molecular formula is C13H18N2O3S. The zero-order chi connectivity index (χ0) is 14.0. The predicted molar refractivity (Wildman–Crippen MR) is 74.0 cm³/mol. The summed E-state index contributed by atoms with van der Waals surface area (Å²) in [5, 5.41) is 18.0. The minimum absolute atomic E-state index is 0.0412. The van der Waals surface area contributed by atoms with Gasteiger partial charge in [0.1, 0.15) is 6.54 Å². The number of aliphatic hydroxyl groups excluding tert-OH is 1. The Morgan fingerprint density at radius 1 is 1.63 bits per heavy atom. The first-order chi connectivity index (χ1) is 9.04. The number of ether oxygens (including phenoxy) is 1. The molecule has 1 aromatic rings. The van der Waals surface area contributed by atoms with Crippen LogP contribution in [0.4, 0.5) is 0 Å². The minimum Gasteiger partial charge on any atom is -0.465 e. The average Bonchev–Trinajstić information content (AvgIpc) is 2.82. The molecule has 0 fully saturated rings. The number of carbonyl (C=O) groups is 1. The van der Waals surface area contributed by atoms with Crippen molar-refractivity contribution in [2.45, 2.75) is 27.0 Å². The lowest BCUT2D eigenvalue weighted by Crippen LogP contribution is -2.35. The van der Waals surface area contributed by atoms with E-state index in [1.807, 2.05) is 25.3 Å². The first-order valence-electron chi connectivity index (χ1n) is 6.31. The van der Waals surface area contributed by atoms with Gasteiger partial charge in [0.2, 0.25) is 0 Å². The summed E-state index contributed by atoms with van der Waals surface area (Å²) in [7, 11) is 0. The second kappa shape index (κ2) is 5.71.